The number of thioether (sulfide) groups is 1. The van der Waals surface area contributed by atoms with Crippen molar-refractivity contribution in [1.29, 1.82) is 0 Å². The number of hydrogen-bond acceptors (Lipinski definition) is 4. The Balaban J connectivity index is 2.59. The van der Waals surface area contributed by atoms with Crippen molar-refractivity contribution in [2.45, 2.75) is 51.5 Å². The molecular formula is C17H25NO3S. The Hall–Kier alpha value is -1.49. The lowest BCUT2D eigenvalue weighted by Crippen LogP contribution is -2.44. The molecule has 1 atom stereocenters. The van der Waals surface area contributed by atoms with Gasteiger partial charge >= 0.3 is 5.97 Å². The Morgan fingerprint density at radius 3 is 2.41 bits per heavy atom. The molecule has 0 unspecified atom stereocenters. The van der Waals surface area contributed by atoms with E-state index in [4.69, 9.17) is 4.74 Å². The standard InChI is InChI=1S/C17H25NO3S/c1-5-15(19)18-14(12-22-17(2,3)4)16(20)21-11-13-9-7-6-8-10-13/h6-10,14H,5,11-12H2,1-4H3,(H,18,19)/t14-/m0/s1. The second kappa shape index (κ2) is 8.83. The summed E-state index contributed by atoms with van der Waals surface area (Å²) in [5.74, 6) is -0.0263. The molecule has 1 aromatic rings. The lowest BCUT2D eigenvalue weighted by Gasteiger charge is -2.22. The molecule has 0 saturated carbocycles. The molecule has 122 valence electrons. The molecule has 0 aliphatic rings. The van der Waals surface area contributed by atoms with Gasteiger partial charge in [0.15, 0.2) is 0 Å². The van der Waals surface area contributed by atoms with E-state index in [1.54, 1.807) is 18.7 Å². The molecule has 0 radical (unpaired) electrons. The summed E-state index contributed by atoms with van der Waals surface area (Å²) in [4.78, 5) is 23.8. The predicted octanol–water partition coefficient (Wildman–Crippen LogP) is 3.16. The fraction of sp³-hybridized carbons (Fsp3) is 0.529. The molecule has 22 heavy (non-hydrogen) atoms. The summed E-state index contributed by atoms with van der Waals surface area (Å²) in [6.07, 6.45) is 0.350. The Labute approximate surface area is 137 Å². The van der Waals surface area contributed by atoms with E-state index in [-0.39, 0.29) is 23.2 Å². The summed E-state index contributed by atoms with van der Waals surface area (Å²) in [6, 6.07) is 8.90. The molecular weight excluding hydrogens is 298 g/mol. The molecule has 0 aromatic heterocycles. The third kappa shape index (κ3) is 7.50. The van der Waals surface area contributed by atoms with Crippen molar-refractivity contribution in [2.75, 3.05) is 5.75 Å². The Kier molecular flexibility index (Phi) is 7.45. The summed E-state index contributed by atoms with van der Waals surface area (Å²) in [6.45, 7) is 8.21. The van der Waals surface area contributed by atoms with Gasteiger partial charge in [-0.1, -0.05) is 58.0 Å². The smallest absolute Gasteiger partial charge is 0.329 e. The van der Waals surface area contributed by atoms with Gasteiger partial charge in [0.25, 0.3) is 0 Å². The van der Waals surface area contributed by atoms with E-state index in [2.05, 4.69) is 26.1 Å². The van der Waals surface area contributed by atoms with Crippen LogP contribution in [0.15, 0.2) is 30.3 Å². The molecule has 4 nitrogen and oxygen atoms in total. The minimum absolute atomic E-state index is 0.0227. The zero-order valence-electron chi connectivity index (χ0n) is 13.7. The number of nitrogens with one attached hydrogen (secondary N) is 1. The van der Waals surface area contributed by atoms with Crippen molar-refractivity contribution >= 4 is 23.6 Å². The van der Waals surface area contributed by atoms with E-state index in [1.165, 1.54) is 0 Å². The Morgan fingerprint density at radius 2 is 1.86 bits per heavy atom. The van der Waals surface area contributed by atoms with E-state index in [0.717, 1.165) is 5.56 Å². The Morgan fingerprint density at radius 1 is 1.23 bits per heavy atom. The van der Waals surface area contributed by atoms with Crippen LogP contribution < -0.4 is 5.32 Å². The number of esters is 1. The maximum atomic E-state index is 12.2. The highest BCUT2D eigenvalue weighted by Gasteiger charge is 2.24. The fourth-order valence-corrected chi connectivity index (χ4v) is 2.51. The molecule has 1 aromatic carbocycles. The molecule has 0 saturated heterocycles. The molecule has 0 aliphatic heterocycles. The largest absolute Gasteiger partial charge is 0.459 e. The van der Waals surface area contributed by atoms with Crippen LogP contribution in [0, 0.1) is 0 Å². The number of carbonyl (C=O) groups excluding carboxylic acids is 2. The van der Waals surface area contributed by atoms with Crippen molar-refractivity contribution in [2.24, 2.45) is 0 Å². The minimum Gasteiger partial charge on any atom is -0.459 e. The van der Waals surface area contributed by atoms with Crippen LogP contribution in [0.4, 0.5) is 0 Å². The molecule has 0 spiro atoms. The maximum Gasteiger partial charge on any atom is 0.329 e. The van der Waals surface area contributed by atoms with Crippen molar-refractivity contribution in [3.05, 3.63) is 35.9 Å². The molecule has 5 heteroatoms. The van der Waals surface area contributed by atoms with E-state index in [0.29, 0.717) is 12.2 Å². The highest BCUT2D eigenvalue weighted by molar-refractivity contribution is 8.00. The van der Waals surface area contributed by atoms with Gasteiger partial charge in [-0.3, -0.25) is 4.79 Å². The van der Waals surface area contributed by atoms with Crippen LogP contribution in [-0.2, 0) is 20.9 Å². The summed E-state index contributed by atoms with van der Waals surface area (Å²) in [5.41, 5.74) is 0.930. The quantitative estimate of drug-likeness (QED) is 0.783. The van der Waals surface area contributed by atoms with Crippen molar-refractivity contribution < 1.29 is 14.3 Å². The highest BCUT2D eigenvalue weighted by Crippen LogP contribution is 2.24. The number of rotatable bonds is 7. The molecule has 1 N–H and O–H groups in total. The number of carbonyl (C=O) groups is 2. The maximum absolute atomic E-state index is 12.2. The second-order valence-corrected chi connectivity index (χ2v) is 7.84. The number of ether oxygens (including phenoxy) is 1. The number of benzene rings is 1. The SMILES string of the molecule is CCC(=O)N[C@@H](CSC(C)(C)C)C(=O)OCc1ccccc1. The number of hydrogen-bond donors (Lipinski definition) is 1. The van der Waals surface area contributed by atoms with Crippen LogP contribution in [0.1, 0.15) is 39.7 Å². The van der Waals surface area contributed by atoms with Crippen LogP contribution in [0.25, 0.3) is 0 Å². The van der Waals surface area contributed by atoms with Crippen molar-refractivity contribution in [3.8, 4) is 0 Å². The third-order valence-corrected chi connectivity index (χ3v) is 4.21. The third-order valence-electron chi connectivity index (χ3n) is 2.85. The molecule has 0 aliphatic carbocycles. The molecule has 1 amide bonds. The average Bonchev–Trinajstić information content (AvgIpc) is 2.48. The van der Waals surface area contributed by atoms with Gasteiger partial charge in [-0.2, -0.15) is 11.8 Å². The first-order chi connectivity index (χ1) is 10.3. The molecule has 0 heterocycles. The van der Waals surface area contributed by atoms with Gasteiger partial charge in [0.2, 0.25) is 5.91 Å². The average molecular weight is 323 g/mol. The van der Waals surface area contributed by atoms with Crippen LogP contribution in [-0.4, -0.2) is 28.4 Å². The Bertz CT molecular complexity index is 482. The monoisotopic (exact) mass is 323 g/mol. The zero-order valence-corrected chi connectivity index (χ0v) is 14.5. The summed E-state index contributed by atoms with van der Waals surface area (Å²) < 4.78 is 5.36. The van der Waals surface area contributed by atoms with Crippen molar-refractivity contribution in [3.63, 3.8) is 0 Å². The lowest BCUT2D eigenvalue weighted by atomic mass is 10.2. The summed E-state index contributed by atoms with van der Waals surface area (Å²) >= 11 is 1.63. The van der Waals surface area contributed by atoms with Crippen LogP contribution in [0.2, 0.25) is 0 Å². The zero-order chi connectivity index (χ0) is 16.6. The highest BCUT2D eigenvalue weighted by atomic mass is 32.2. The molecule has 0 bridgehead atoms. The van der Waals surface area contributed by atoms with E-state index in [1.807, 2.05) is 30.3 Å². The second-order valence-electron chi connectivity index (χ2n) is 5.99. The first-order valence-corrected chi connectivity index (χ1v) is 8.44. The van der Waals surface area contributed by atoms with Crippen LogP contribution >= 0.6 is 11.8 Å². The van der Waals surface area contributed by atoms with Gasteiger partial charge in [-0.05, 0) is 5.56 Å². The normalized spacial score (nSPS) is 12.5. The summed E-state index contributed by atoms with van der Waals surface area (Å²) in [7, 11) is 0. The van der Waals surface area contributed by atoms with Gasteiger partial charge in [-0.15, -0.1) is 0 Å². The van der Waals surface area contributed by atoms with Crippen molar-refractivity contribution in [1.82, 2.24) is 5.32 Å². The fourth-order valence-electron chi connectivity index (χ4n) is 1.63. The van der Waals surface area contributed by atoms with Gasteiger partial charge < -0.3 is 10.1 Å². The predicted molar refractivity (Wildman–Crippen MR) is 90.7 cm³/mol. The molecule has 0 fully saturated rings. The topological polar surface area (TPSA) is 55.4 Å². The first-order valence-electron chi connectivity index (χ1n) is 7.45. The molecule has 1 rings (SSSR count). The van der Waals surface area contributed by atoms with Gasteiger partial charge in [0.05, 0.1) is 0 Å². The van der Waals surface area contributed by atoms with E-state index < -0.39 is 6.04 Å². The van der Waals surface area contributed by atoms with Crippen LogP contribution in [0.5, 0.6) is 0 Å². The lowest BCUT2D eigenvalue weighted by molar-refractivity contribution is -0.148. The van der Waals surface area contributed by atoms with Gasteiger partial charge in [0.1, 0.15) is 12.6 Å². The van der Waals surface area contributed by atoms with Crippen LogP contribution in [0.3, 0.4) is 0 Å². The first kappa shape index (κ1) is 18.6. The van der Waals surface area contributed by atoms with Gasteiger partial charge in [-0.25, -0.2) is 4.79 Å². The number of amides is 1. The van der Waals surface area contributed by atoms with Gasteiger partial charge in [0, 0.05) is 16.9 Å². The van der Waals surface area contributed by atoms with E-state index in [9.17, 15) is 9.59 Å². The summed E-state index contributed by atoms with van der Waals surface area (Å²) in [5, 5.41) is 2.74. The van der Waals surface area contributed by atoms with E-state index >= 15 is 0 Å². The minimum atomic E-state index is -0.611.